The van der Waals surface area contributed by atoms with Crippen molar-refractivity contribution >= 4 is 5.97 Å². The molecule has 0 radical (unpaired) electrons. The lowest BCUT2D eigenvalue weighted by Gasteiger charge is -2.28. The van der Waals surface area contributed by atoms with Crippen molar-refractivity contribution in [1.82, 2.24) is 4.90 Å². The highest BCUT2D eigenvalue weighted by atomic mass is 16.5. The number of rotatable bonds is 5. The first-order valence-corrected chi connectivity index (χ1v) is 6.25. The minimum atomic E-state index is -0.285. The summed E-state index contributed by atoms with van der Waals surface area (Å²) < 4.78 is 4.67. The number of allylic oxidation sites excluding steroid dienone is 3. The van der Waals surface area contributed by atoms with Crippen molar-refractivity contribution < 1.29 is 9.53 Å². The highest BCUT2D eigenvalue weighted by molar-refractivity contribution is 5.72. The van der Waals surface area contributed by atoms with Gasteiger partial charge in [-0.2, -0.15) is 5.26 Å². The number of carbonyl (C=O) groups is 1. The van der Waals surface area contributed by atoms with Crippen molar-refractivity contribution in [2.45, 2.75) is 19.8 Å². The van der Waals surface area contributed by atoms with E-state index in [9.17, 15) is 4.79 Å². The van der Waals surface area contributed by atoms with Crippen molar-refractivity contribution in [3.05, 3.63) is 35.6 Å². The van der Waals surface area contributed by atoms with Crippen molar-refractivity contribution in [2.75, 3.05) is 20.7 Å². The highest BCUT2D eigenvalue weighted by Crippen LogP contribution is 2.30. The molecule has 0 saturated heterocycles. The first-order valence-electron chi connectivity index (χ1n) is 6.25. The molecule has 0 N–H and O–H groups in total. The second-order valence-electron chi connectivity index (χ2n) is 4.75. The SMILES string of the molecule is C=C(CC#N)C1=CC(C)CC=C1N(C)CC(=O)OC. The number of ether oxygens (including phenoxy) is 1. The van der Waals surface area contributed by atoms with E-state index in [1.165, 1.54) is 7.11 Å². The minimum absolute atomic E-state index is 0.188. The first-order chi connectivity index (χ1) is 8.99. The Kier molecular flexibility index (Phi) is 5.37. The van der Waals surface area contributed by atoms with Gasteiger partial charge in [-0.05, 0) is 23.5 Å². The van der Waals surface area contributed by atoms with Gasteiger partial charge in [0.15, 0.2) is 0 Å². The van der Waals surface area contributed by atoms with E-state index in [2.05, 4.69) is 36.5 Å². The van der Waals surface area contributed by atoms with E-state index in [1.54, 1.807) is 0 Å². The van der Waals surface area contributed by atoms with Crippen LogP contribution in [-0.4, -0.2) is 31.6 Å². The fourth-order valence-electron chi connectivity index (χ4n) is 2.04. The van der Waals surface area contributed by atoms with Crippen molar-refractivity contribution in [3.63, 3.8) is 0 Å². The smallest absolute Gasteiger partial charge is 0.325 e. The Morgan fingerprint density at radius 3 is 2.95 bits per heavy atom. The Labute approximate surface area is 114 Å². The molecule has 1 aliphatic carbocycles. The van der Waals surface area contributed by atoms with Gasteiger partial charge in [0.1, 0.15) is 6.54 Å². The van der Waals surface area contributed by atoms with E-state index in [0.29, 0.717) is 12.3 Å². The number of hydrogen-bond acceptors (Lipinski definition) is 4. The third kappa shape index (κ3) is 3.99. The largest absolute Gasteiger partial charge is 0.468 e. The standard InChI is InChI=1S/C15H20N2O2/c1-11-5-6-14(17(3)10-15(18)19-4)13(9-11)12(2)7-8-16/h6,9,11H,2,5,7,10H2,1,3-4H3. The molecule has 0 amide bonds. The lowest BCUT2D eigenvalue weighted by Crippen LogP contribution is -2.28. The molecule has 0 fully saturated rings. The van der Waals surface area contributed by atoms with Gasteiger partial charge in [0.2, 0.25) is 0 Å². The van der Waals surface area contributed by atoms with Crippen LogP contribution in [0.4, 0.5) is 0 Å². The summed E-state index contributed by atoms with van der Waals surface area (Å²) in [6, 6.07) is 2.11. The molecule has 0 aromatic carbocycles. The van der Waals surface area contributed by atoms with Gasteiger partial charge in [-0.25, -0.2) is 0 Å². The zero-order chi connectivity index (χ0) is 14.4. The third-order valence-electron chi connectivity index (χ3n) is 3.09. The van der Waals surface area contributed by atoms with Crippen molar-refractivity contribution in [3.8, 4) is 6.07 Å². The van der Waals surface area contributed by atoms with Gasteiger partial charge < -0.3 is 9.64 Å². The normalized spacial score (nSPS) is 17.9. The van der Waals surface area contributed by atoms with E-state index in [1.807, 2.05) is 11.9 Å². The summed E-state index contributed by atoms with van der Waals surface area (Å²) in [5, 5.41) is 8.80. The van der Waals surface area contributed by atoms with E-state index >= 15 is 0 Å². The molecule has 1 unspecified atom stereocenters. The highest BCUT2D eigenvalue weighted by Gasteiger charge is 2.20. The molecule has 4 nitrogen and oxygen atoms in total. The minimum Gasteiger partial charge on any atom is -0.468 e. The summed E-state index contributed by atoms with van der Waals surface area (Å²) in [4.78, 5) is 13.2. The van der Waals surface area contributed by atoms with E-state index in [0.717, 1.165) is 23.3 Å². The summed E-state index contributed by atoms with van der Waals surface area (Å²) in [7, 11) is 3.21. The number of nitriles is 1. The van der Waals surface area contributed by atoms with Gasteiger partial charge >= 0.3 is 5.97 Å². The summed E-state index contributed by atoms with van der Waals surface area (Å²) >= 11 is 0. The number of likely N-dealkylation sites (N-methyl/N-ethyl adjacent to an activating group) is 1. The van der Waals surface area contributed by atoms with Crippen LogP contribution in [0.3, 0.4) is 0 Å². The van der Waals surface area contributed by atoms with Crippen LogP contribution >= 0.6 is 0 Å². The lowest BCUT2D eigenvalue weighted by atomic mass is 9.90. The van der Waals surface area contributed by atoms with E-state index in [-0.39, 0.29) is 12.5 Å². The summed E-state index contributed by atoms with van der Waals surface area (Å²) in [6.45, 7) is 6.27. The number of hydrogen-bond donors (Lipinski definition) is 0. The van der Waals surface area contributed by atoms with Gasteiger partial charge in [-0.3, -0.25) is 4.79 Å². The Morgan fingerprint density at radius 1 is 1.68 bits per heavy atom. The molecule has 0 heterocycles. The topological polar surface area (TPSA) is 53.3 Å². The molecule has 0 spiro atoms. The second kappa shape index (κ2) is 6.79. The summed E-state index contributed by atoms with van der Waals surface area (Å²) in [5.74, 6) is 0.132. The molecule has 0 aromatic rings. The molecule has 0 aliphatic heterocycles. The number of carbonyl (C=O) groups excluding carboxylic acids is 1. The molecule has 4 heteroatoms. The number of esters is 1. The average Bonchev–Trinajstić information content (AvgIpc) is 2.38. The predicted octanol–water partition coefficient (Wildman–Crippen LogP) is 2.41. The van der Waals surface area contributed by atoms with Crippen molar-refractivity contribution in [2.24, 2.45) is 5.92 Å². The Morgan fingerprint density at radius 2 is 2.37 bits per heavy atom. The van der Waals surface area contributed by atoms with Crippen LogP contribution in [-0.2, 0) is 9.53 Å². The predicted molar refractivity (Wildman–Crippen MR) is 74.0 cm³/mol. The Balaban J connectivity index is 2.91. The number of nitrogens with zero attached hydrogens (tertiary/aromatic N) is 2. The Hall–Kier alpha value is -2.02. The van der Waals surface area contributed by atoms with Gasteiger partial charge in [0, 0.05) is 12.7 Å². The van der Waals surface area contributed by atoms with Crippen LogP contribution in [0.15, 0.2) is 35.6 Å². The zero-order valence-corrected chi connectivity index (χ0v) is 11.8. The van der Waals surface area contributed by atoms with Gasteiger partial charge in [0.25, 0.3) is 0 Å². The molecule has 0 saturated carbocycles. The van der Waals surface area contributed by atoms with Gasteiger partial charge in [-0.15, -0.1) is 0 Å². The maximum Gasteiger partial charge on any atom is 0.325 e. The summed E-state index contributed by atoms with van der Waals surface area (Å²) in [5.41, 5.74) is 2.70. The molecular weight excluding hydrogens is 240 g/mol. The monoisotopic (exact) mass is 260 g/mol. The molecule has 0 aromatic heterocycles. The van der Waals surface area contributed by atoms with Gasteiger partial charge in [-0.1, -0.05) is 25.7 Å². The van der Waals surface area contributed by atoms with Crippen LogP contribution in [0.5, 0.6) is 0 Å². The first kappa shape index (κ1) is 15.0. The van der Waals surface area contributed by atoms with Crippen LogP contribution in [0.25, 0.3) is 0 Å². The molecule has 0 bridgehead atoms. The van der Waals surface area contributed by atoms with Crippen LogP contribution in [0.1, 0.15) is 19.8 Å². The van der Waals surface area contributed by atoms with E-state index in [4.69, 9.17) is 5.26 Å². The Bertz CT molecular complexity index is 469. The zero-order valence-electron chi connectivity index (χ0n) is 11.8. The maximum atomic E-state index is 11.3. The molecule has 19 heavy (non-hydrogen) atoms. The fourth-order valence-corrected chi connectivity index (χ4v) is 2.04. The quantitative estimate of drug-likeness (QED) is 0.712. The van der Waals surface area contributed by atoms with Crippen molar-refractivity contribution in [1.29, 1.82) is 5.26 Å². The maximum absolute atomic E-state index is 11.3. The second-order valence-corrected chi connectivity index (χ2v) is 4.75. The molecular formula is C15H20N2O2. The summed E-state index contributed by atoms with van der Waals surface area (Å²) in [6.07, 6.45) is 5.42. The van der Waals surface area contributed by atoms with E-state index < -0.39 is 0 Å². The average molecular weight is 260 g/mol. The van der Waals surface area contributed by atoms with Crippen LogP contribution in [0.2, 0.25) is 0 Å². The third-order valence-corrected chi connectivity index (χ3v) is 3.09. The van der Waals surface area contributed by atoms with Crippen LogP contribution < -0.4 is 0 Å². The van der Waals surface area contributed by atoms with Gasteiger partial charge in [0.05, 0.1) is 19.6 Å². The fraction of sp³-hybridized carbons (Fsp3) is 0.467. The molecule has 1 rings (SSSR count). The molecule has 1 aliphatic rings. The molecule has 1 atom stereocenters. The van der Waals surface area contributed by atoms with Crippen LogP contribution in [0, 0.1) is 17.2 Å². The molecule has 102 valence electrons. The number of methoxy groups -OCH3 is 1. The lowest BCUT2D eigenvalue weighted by molar-refractivity contribution is -0.141.